The molecule has 2 aromatic carbocycles. The zero-order chi connectivity index (χ0) is 23.1. The summed E-state index contributed by atoms with van der Waals surface area (Å²) >= 11 is 1.22. The Morgan fingerprint density at radius 1 is 1.19 bits per heavy atom. The molecule has 3 rings (SSSR count). The van der Waals surface area contributed by atoms with E-state index < -0.39 is 11.2 Å². The Labute approximate surface area is 190 Å². The van der Waals surface area contributed by atoms with Crippen molar-refractivity contribution in [2.24, 2.45) is 4.99 Å². The molecule has 2 amide bonds. The van der Waals surface area contributed by atoms with Gasteiger partial charge in [0.2, 0.25) is 11.8 Å². The number of nitrogens with one attached hydrogen (secondary N) is 1. The maximum absolute atomic E-state index is 12.8. The Balaban J connectivity index is 1.71. The summed E-state index contributed by atoms with van der Waals surface area (Å²) < 4.78 is 4.97. The predicted molar refractivity (Wildman–Crippen MR) is 123 cm³/mol. The van der Waals surface area contributed by atoms with Crippen molar-refractivity contribution in [3.8, 4) is 6.07 Å². The number of rotatable bonds is 7. The molecule has 1 aliphatic heterocycles. The van der Waals surface area contributed by atoms with E-state index in [0.717, 1.165) is 0 Å². The Kier molecular flexibility index (Phi) is 7.63. The average molecular weight is 451 g/mol. The number of esters is 1. The van der Waals surface area contributed by atoms with Gasteiger partial charge < -0.3 is 10.1 Å². The van der Waals surface area contributed by atoms with E-state index in [4.69, 9.17) is 10.00 Å². The molecule has 1 atom stereocenters. The zero-order valence-corrected chi connectivity index (χ0v) is 18.5. The summed E-state index contributed by atoms with van der Waals surface area (Å²) in [5, 5.41) is 11.8. The molecule has 9 heteroatoms. The second kappa shape index (κ2) is 10.6. The summed E-state index contributed by atoms with van der Waals surface area (Å²) in [7, 11) is 0. The van der Waals surface area contributed by atoms with E-state index in [2.05, 4.69) is 10.3 Å². The van der Waals surface area contributed by atoms with Crippen molar-refractivity contribution >= 4 is 46.1 Å². The molecule has 32 heavy (non-hydrogen) atoms. The lowest BCUT2D eigenvalue weighted by atomic mass is 10.2. The van der Waals surface area contributed by atoms with Crippen LogP contribution in [0.5, 0.6) is 0 Å². The monoisotopic (exact) mass is 450 g/mol. The van der Waals surface area contributed by atoms with Crippen LogP contribution in [-0.4, -0.2) is 46.3 Å². The third kappa shape index (κ3) is 5.34. The van der Waals surface area contributed by atoms with Crippen LogP contribution in [0.3, 0.4) is 0 Å². The smallest absolute Gasteiger partial charge is 0.338 e. The van der Waals surface area contributed by atoms with Crippen molar-refractivity contribution in [1.29, 1.82) is 5.26 Å². The number of amidine groups is 1. The molecule has 1 saturated heterocycles. The van der Waals surface area contributed by atoms with Gasteiger partial charge in [-0.2, -0.15) is 5.26 Å². The van der Waals surface area contributed by atoms with Crippen molar-refractivity contribution in [1.82, 2.24) is 4.90 Å². The first-order valence-corrected chi connectivity index (χ1v) is 11.0. The number of thioether (sulfide) groups is 1. The number of benzene rings is 2. The topological polar surface area (TPSA) is 112 Å². The van der Waals surface area contributed by atoms with Crippen LogP contribution in [0.2, 0.25) is 0 Å². The van der Waals surface area contributed by atoms with E-state index in [-0.39, 0.29) is 18.2 Å². The van der Waals surface area contributed by atoms with Crippen LogP contribution in [0.15, 0.2) is 53.5 Å². The largest absolute Gasteiger partial charge is 0.462 e. The summed E-state index contributed by atoms with van der Waals surface area (Å²) in [6.45, 7) is 4.29. The highest BCUT2D eigenvalue weighted by Gasteiger charge is 2.38. The van der Waals surface area contributed by atoms with E-state index in [9.17, 15) is 14.4 Å². The predicted octanol–water partition coefficient (Wildman–Crippen LogP) is 3.72. The third-order valence-electron chi connectivity index (χ3n) is 4.63. The lowest BCUT2D eigenvalue weighted by molar-refractivity contribution is -0.128. The van der Waals surface area contributed by atoms with Gasteiger partial charge in [-0.25, -0.2) is 9.79 Å². The van der Waals surface area contributed by atoms with Crippen LogP contribution < -0.4 is 5.32 Å². The van der Waals surface area contributed by atoms with Crippen molar-refractivity contribution < 1.29 is 19.1 Å². The van der Waals surface area contributed by atoms with Crippen LogP contribution >= 0.6 is 11.8 Å². The molecule has 0 spiro atoms. The van der Waals surface area contributed by atoms with E-state index in [1.165, 1.54) is 16.7 Å². The Hall–Kier alpha value is -3.64. The van der Waals surface area contributed by atoms with Gasteiger partial charge in [0, 0.05) is 13.0 Å². The maximum atomic E-state index is 12.8. The van der Waals surface area contributed by atoms with Crippen LogP contribution in [-0.2, 0) is 14.3 Å². The van der Waals surface area contributed by atoms with Gasteiger partial charge in [-0.15, -0.1) is 0 Å². The minimum absolute atomic E-state index is 0.0411. The summed E-state index contributed by atoms with van der Waals surface area (Å²) in [6, 6.07) is 15.3. The number of carbonyl (C=O) groups excluding carboxylic acids is 3. The molecule has 1 aliphatic rings. The first kappa shape index (κ1) is 23.0. The highest BCUT2D eigenvalue weighted by atomic mass is 32.2. The molecule has 0 aliphatic carbocycles. The number of para-hydroxylation sites is 1. The van der Waals surface area contributed by atoms with Crippen LogP contribution in [0.1, 0.15) is 36.2 Å². The molecule has 8 nitrogen and oxygen atoms in total. The van der Waals surface area contributed by atoms with Gasteiger partial charge in [0.15, 0.2) is 5.17 Å². The fourth-order valence-electron chi connectivity index (χ4n) is 3.07. The number of aliphatic imine (C=N–C) groups is 1. The van der Waals surface area contributed by atoms with Gasteiger partial charge >= 0.3 is 5.97 Å². The van der Waals surface area contributed by atoms with E-state index in [1.54, 1.807) is 55.5 Å². The van der Waals surface area contributed by atoms with Gasteiger partial charge in [-0.1, -0.05) is 23.9 Å². The number of nitriles is 1. The second-order valence-corrected chi connectivity index (χ2v) is 7.93. The van der Waals surface area contributed by atoms with Gasteiger partial charge in [0.1, 0.15) is 11.3 Å². The fraction of sp³-hybridized carbons (Fsp3) is 0.261. The van der Waals surface area contributed by atoms with Crippen LogP contribution in [0, 0.1) is 11.3 Å². The van der Waals surface area contributed by atoms with Gasteiger partial charge in [0.25, 0.3) is 0 Å². The van der Waals surface area contributed by atoms with E-state index >= 15 is 0 Å². The number of hydrogen-bond donors (Lipinski definition) is 1. The number of nitrogens with zero attached hydrogens (tertiary/aromatic N) is 3. The number of hydrogen-bond acceptors (Lipinski definition) is 7. The molecule has 1 N–H and O–H groups in total. The summed E-state index contributed by atoms with van der Waals surface area (Å²) in [6.07, 6.45) is -0.0411. The number of ether oxygens (including phenoxy) is 1. The zero-order valence-electron chi connectivity index (χ0n) is 17.7. The fourth-order valence-corrected chi connectivity index (χ4v) is 4.29. The first-order chi connectivity index (χ1) is 15.5. The highest BCUT2D eigenvalue weighted by molar-refractivity contribution is 8.15. The normalized spacial score (nSPS) is 16.7. The van der Waals surface area contributed by atoms with E-state index in [1.807, 2.05) is 13.0 Å². The second-order valence-electron chi connectivity index (χ2n) is 6.76. The lowest BCUT2D eigenvalue weighted by Crippen LogP contribution is -2.33. The first-order valence-electron chi connectivity index (χ1n) is 10.1. The molecule has 1 fully saturated rings. The lowest BCUT2D eigenvalue weighted by Gasteiger charge is -2.13. The SMILES string of the molecule is CCOC(=O)c1ccc(N=C2SC(CC(=O)Nc3ccccc3C#N)C(=O)N2CC)cc1. The Morgan fingerprint density at radius 2 is 1.91 bits per heavy atom. The van der Waals surface area contributed by atoms with Crippen molar-refractivity contribution in [3.05, 3.63) is 59.7 Å². The Bertz CT molecular complexity index is 1090. The van der Waals surface area contributed by atoms with Gasteiger partial charge in [-0.05, 0) is 50.2 Å². The van der Waals surface area contributed by atoms with Gasteiger partial charge in [-0.3, -0.25) is 14.5 Å². The molecular formula is C23H22N4O4S. The maximum Gasteiger partial charge on any atom is 0.338 e. The number of amides is 2. The molecule has 1 heterocycles. The van der Waals surface area contributed by atoms with Crippen LogP contribution in [0.25, 0.3) is 0 Å². The van der Waals surface area contributed by atoms with E-state index in [0.29, 0.717) is 40.8 Å². The summed E-state index contributed by atoms with van der Waals surface area (Å²) in [4.78, 5) is 43.2. The number of anilines is 1. The average Bonchev–Trinajstić information content (AvgIpc) is 3.08. The van der Waals surface area contributed by atoms with Crippen molar-refractivity contribution in [2.45, 2.75) is 25.5 Å². The van der Waals surface area contributed by atoms with Crippen molar-refractivity contribution in [3.63, 3.8) is 0 Å². The molecule has 0 aromatic heterocycles. The molecule has 2 aromatic rings. The summed E-state index contributed by atoms with van der Waals surface area (Å²) in [5.74, 6) is -0.950. The van der Waals surface area contributed by atoms with Gasteiger partial charge in [0.05, 0.1) is 29.1 Å². The molecular weight excluding hydrogens is 428 g/mol. The standard InChI is InChI=1S/C23H22N4O4S/c1-3-27-21(29)19(13-20(28)26-18-8-6-5-7-16(18)14-24)32-23(27)25-17-11-9-15(10-12-17)22(30)31-4-2/h5-12,19H,3-4,13H2,1-2H3,(H,26,28). The highest BCUT2D eigenvalue weighted by Crippen LogP contribution is 2.32. The van der Waals surface area contributed by atoms with Crippen molar-refractivity contribution in [2.75, 3.05) is 18.5 Å². The third-order valence-corrected chi connectivity index (χ3v) is 5.81. The molecule has 1 unspecified atom stereocenters. The molecule has 0 bridgehead atoms. The molecule has 164 valence electrons. The summed E-state index contributed by atoms with van der Waals surface area (Å²) in [5.41, 5.74) is 1.78. The number of carbonyl (C=O) groups is 3. The minimum atomic E-state index is -0.609. The Morgan fingerprint density at radius 3 is 2.56 bits per heavy atom. The quantitative estimate of drug-likeness (QED) is 0.644. The van der Waals surface area contributed by atoms with Crippen LogP contribution in [0.4, 0.5) is 11.4 Å². The molecule has 0 saturated carbocycles. The minimum Gasteiger partial charge on any atom is -0.462 e. The molecule has 0 radical (unpaired) electrons.